The molecule has 11 heavy (non-hydrogen) atoms. The Bertz CT molecular complexity index is 181. The highest BCUT2D eigenvalue weighted by Crippen LogP contribution is 2.10. The third-order valence-electron chi connectivity index (χ3n) is 1.09. The summed E-state index contributed by atoms with van der Waals surface area (Å²) in [6, 6.07) is 0. The zero-order chi connectivity index (χ0) is 9.07. The lowest BCUT2D eigenvalue weighted by atomic mass is 10.1. The Labute approximate surface area is 62.2 Å². The van der Waals surface area contributed by atoms with E-state index >= 15 is 0 Å². The number of hydrogen-bond acceptors (Lipinski definition) is 3. The van der Waals surface area contributed by atoms with Crippen molar-refractivity contribution in [2.24, 2.45) is 11.5 Å². The summed E-state index contributed by atoms with van der Waals surface area (Å²) in [4.78, 5) is 20.1. The maximum atomic E-state index is 12.5. The number of primary amides is 1. The fourth-order valence-electron chi connectivity index (χ4n) is 0.412. The minimum atomic E-state index is -2.85. The van der Waals surface area contributed by atoms with Crippen LogP contribution in [0.25, 0.3) is 0 Å². The molecule has 0 spiro atoms. The fourth-order valence-corrected chi connectivity index (χ4v) is 0.412. The van der Waals surface area contributed by atoms with Gasteiger partial charge in [-0.1, -0.05) is 0 Å². The molecule has 5 nitrogen and oxygen atoms in total. The van der Waals surface area contributed by atoms with Gasteiger partial charge >= 0.3 is 5.97 Å². The molecule has 1 atom stereocenters. The Morgan fingerprint density at radius 3 is 2.27 bits per heavy atom. The SMILES string of the molecule is NC(=O)CCC(N)(F)C(=O)O. The van der Waals surface area contributed by atoms with Gasteiger partial charge in [0.25, 0.3) is 5.79 Å². The number of carbonyl (C=O) groups is 2. The monoisotopic (exact) mass is 164 g/mol. The number of hydrogen-bond donors (Lipinski definition) is 3. The Balaban J connectivity index is 3.92. The molecular weight excluding hydrogens is 155 g/mol. The van der Waals surface area contributed by atoms with Gasteiger partial charge in [-0.3, -0.25) is 10.5 Å². The van der Waals surface area contributed by atoms with Crippen molar-refractivity contribution in [3.63, 3.8) is 0 Å². The van der Waals surface area contributed by atoms with Crippen LogP contribution in [0.3, 0.4) is 0 Å². The summed E-state index contributed by atoms with van der Waals surface area (Å²) in [7, 11) is 0. The van der Waals surface area contributed by atoms with Gasteiger partial charge in [-0.25, -0.2) is 9.18 Å². The molecule has 6 heteroatoms. The summed E-state index contributed by atoms with van der Waals surface area (Å²) in [6.07, 6.45) is -0.975. The second-order valence-electron chi connectivity index (χ2n) is 2.13. The second kappa shape index (κ2) is 3.29. The molecule has 0 rings (SSSR count). The Morgan fingerprint density at radius 1 is 1.55 bits per heavy atom. The number of nitrogens with two attached hydrogens (primary N) is 2. The molecule has 0 aliphatic rings. The second-order valence-corrected chi connectivity index (χ2v) is 2.13. The first-order valence-electron chi connectivity index (χ1n) is 2.86. The molecule has 0 radical (unpaired) electrons. The molecule has 0 saturated heterocycles. The van der Waals surface area contributed by atoms with Gasteiger partial charge in [0.05, 0.1) is 0 Å². The van der Waals surface area contributed by atoms with E-state index in [1.165, 1.54) is 0 Å². The van der Waals surface area contributed by atoms with E-state index < -0.39 is 24.1 Å². The molecule has 0 bridgehead atoms. The number of carboxylic acids is 1. The van der Waals surface area contributed by atoms with Crippen molar-refractivity contribution in [2.75, 3.05) is 0 Å². The molecule has 0 aromatic heterocycles. The Morgan fingerprint density at radius 2 is 2.00 bits per heavy atom. The summed E-state index contributed by atoms with van der Waals surface area (Å²) < 4.78 is 12.5. The molecule has 64 valence electrons. The topological polar surface area (TPSA) is 106 Å². The van der Waals surface area contributed by atoms with Crippen LogP contribution in [0, 0.1) is 0 Å². The van der Waals surface area contributed by atoms with Crippen LogP contribution in [0.1, 0.15) is 12.8 Å². The largest absolute Gasteiger partial charge is 0.478 e. The zero-order valence-corrected chi connectivity index (χ0v) is 5.71. The van der Waals surface area contributed by atoms with Gasteiger partial charge in [0.2, 0.25) is 5.91 Å². The van der Waals surface area contributed by atoms with Gasteiger partial charge in [-0.2, -0.15) is 0 Å². The molecule has 0 aromatic carbocycles. The minimum Gasteiger partial charge on any atom is -0.478 e. The quantitative estimate of drug-likeness (QED) is 0.461. The van der Waals surface area contributed by atoms with Crippen molar-refractivity contribution in [1.82, 2.24) is 0 Å². The molecule has 5 N–H and O–H groups in total. The van der Waals surface area contributed by atoms with E-state index in [0.29, 0.717) is 0 Å². The Kier molecular flexibility index (Phi) is 2.94. The van der Waals surface area contributed by atoms with E-state index in [9.17, 15) is 14.0 Å². The highest BCUT2D eigenvalue weighted by molar-refractivity contribution is 5.78. The van der Waals surface area contributed by atoms with Crippen molar-refractivity contribution in [2.45, 2.75) is 18.6 Å². The first kappa shape index (κ1) is 9.83. The summed E-state index contributed by atoms with van der Waals surface area (Å²) in [5.41, 5.74) is 9.28. The minimum absolute atomic E-state index is 0.376. The molecule has 1 amide bonds. The van der Waals surface area contributed by atoms with Gasteiger partial charge in [0.1, 0.15) is 0 Å². The van der Waals surface area contributed by atoms with Crippen molar-refractivity contribution >= 4 is 11.9 Å². The van der Waals surface area contributed by atoms with Crippen LogP contribution >= 0.6 is 0 Å². The third kappa shape index (κ3) is 3.51. The van der Waals surface area contributed by atoms with Crippen LogP contribution in [0.2, 0.25) is 0 Å². The van der Waals surface area contributed by atoms with Crippen molar-refractivity contribution in [3.05, 3.63) is 0 Å². The maximum absolute atomic E-state index is 12.5. The highest BCUT2D eigenvalue weighted by Gasteiger charge is 2.33. The molecule has 0 aliphatic carbocycles. The summed E-state index contributed by atoms with van der Waals surface area (Å²) in [6.45, 7) is 0. The maximum Gasteiger partial charge on any atom is 0.356 e. The average Bonchev–Trinajstić information content (AvgIpc) is 1.84. The number of halogens is 1. The lowest BCUT2D eigenvalue weighted by Crippen LogP contribution is -2.43. The van der Waals surface area contributed by atoms with Gasteiger partial charge < -0.3 is 10.8 Å². The molecular formula is C5H9FN2O3. The van der Waals surface area contributed by atoms with Crippen LogP contribution < -0.4 is 11.5 Å². The molecule has 0 heterocycles. The third-order valence-corrected chi connectivity index (χ3v) is 1.09. The van der Waals surface area contributed by atoms with Crippen molar-refractivity contribution in [3.8, 4) is 0 Å². The molecule has 0 fully saturated rings. The van der Waals surface area contributed by atoms with E-state index in [0.717, 1.165) is 0 Å². The number of rotatable bonds is 4. The van der Waals surface area contributed by atoms with Crippen LogP contribution in [0.5, 0.6) is 0 Å². The van der Waals surface area contributed by atoms with Gasteiger partial charge in [-0.15, -0.1) is 0 Å². The highest BCUT2D eigenvalue weighted by atomic mass is 19.1. The van der Waals surface area contributed by atoms with Gasteiger partial charge in [-0.05, 0) is 0 Å². The molecule has 0 saturated carbocycles. The van der Waals surface area contributed by atoms with Crippen LogP contribution in [0.15, 0.2) is 0 Å². The summed E-state index contributed by atoms with van der Waals surface area (Å²) >= 11 is 0. The number of alkyl halides is 1. The molecule has 0 aliphatic heterocycles. The number of aliphatic carboxylic acids is 1. The van der Waals surface area contributed by atoms with Crippen molar-refractivity contribution in [1.29, 1.82) is 0 Å². The van der Waals surface area contributed by atoms with Crippen LogP contribution in [-0.4, -0.2) is 22.8 Å². The van der Waals surface area contributed by atoms with E-state index in [-0.39, 0.29) is 6.42 Å². The van der Waals surface area contributed by atoms with Crippen LogP contribution in [-0.2, 0) is 9.59 Å². The fraction of sp³-hybridized carbons (Fsp3) is 0.600. The van der Waals surface area contributed by atoms with Gasteiger partial charge in [0, 0.05) is 12.8 Å². The normalized spacial score (nSPS) is 15.5. The smallest absolute Gasteiger partial charge is 0.356 e. The standard InChI is InChI=1S/C5H9FN2O3/c6-5(8,4(10)11)2-1-3(7)9/h1-2,8H2,(H2,7,9)(H,10,11). The van der Waals surface area contributed by atoms with E-state index in [1.807, 2.05) is 0 Å². The van der Waals surface area contributed by atoms with E-state index in [2.05, 4.69) is 11.5 Å². The lowest BCUT2D eigenvalue weighted by molar-refractivity contribution is -0.151. The predicted octanol–water partition coefficient (Wildman–Crippen LogP) is -1.04. The summed E-state index contributed by atoms with van der Waals surface area (Å²) in [5, 5.41) is 8.10. The Hall–Kier alpha value is -1.17. The first-order chi connectivity index (χ1) is 4.86. The average molecular weight is 164 g/mol. The molecule has 1 unspecified atom stereocenters. The lowest BCUT2D eigenvalue weighted by Gasteiger charge is -2.12. The van der Waals surface area contributed by atoms with E-state index in [1.54, 1.807) is 0 Å². The predicted molar refractivity (Wildman–Crippen MR) is 34.1 cm³/mol. The number of carboxylic acid groups (broad SMARTS) is 1. The van der Waals surface area contributed by atoms with Gasteiger partial charge in [0.15, 0.2) is 0 Å². The van der Waals surface area contributed by atoms with Crippen LogP contribution in [0.4, 0.5) is 4.39 Å². The zero-order valence-electron chi connectivity index (χ0n) is 5.71. The number of amides is 1. The first-order valence-corrected chi connectivity index (χ1v) is 2.86. The molecule has 0 aromatic rings. The van der Waals surface area contributed by atoms with E-state index in [4.69, 9.17) is 5.11 Å². The summed E-state index contributed by atoms with van der Waals surface area (Å²) in [5.74, 6) is -5.42. The number of carbonyl (C=O) groups excluding carboxylic acids is 1. The van der Waals surface area contributed by atoms with Crippen molar-refractivity contribution < 1.29 is 19.1 Å².